The molecule has 0 fully saturated rings. The lowest BCUT2D eigenvalue weighted by Crippen LogP contribution is -2.42. The number of alkyl halides is 3. The van der Waals surface area contributed by atoms with Gasteiger partial charge in [0.1, 0.15) is 12.4 Å². The van der Waals surface area contributed by atoms with Crippen molar-refractivity contribution in [3.8, 4) is 11.5 Å². The van der Waals surface area contributed by atoms with E-state index in [4.69, 9.17) is 14.2 Å². The molecule has 1 aliphatic heterocycles. The molecule has 1 heterocycles. The monoisotopic (exact) mass is 587 g/mol. The van der Waals surface area contributed by atoms with Gasteiger partial charge >= 0.3 is 6.18 Å². The number of carbonyl (C=O) groups is 2. The van der Waals surface area contributed by atoms with Crippen molar-refractivity contribution in [3.63, 3.8) is 0 Å². The summed E-state index contributed by atoms with van der Waals surface area (Å²) < 4.78 is 69.6. The Kier molecular flexibility index (Phi) is 9.46. The summed E-state index contributed by atoms with van der Waals surface area (Å²) in [6.07, 6.45) is -4.39. The van der Waals surface area contributed by atoms with E-state index in [-0.39, 0.29) is 30.7 Å². The third kappa shape index (κ3) is 6.71. The van der Waals surface area contributed by atoms with Gasteiger partial charge < -0.3 is 19.1 Å². The highest BCUT2D eigenvalue weighted by atomic mass is 19.4. The predicted molar refractivity (Wildman–Crippen MR) is 146 cm³/mol. The number of hydrogen-bond donors (Lipinski definition) is 0. The minimum absolute atomic E-state index is 0.0130. The molecule has 0 aromatic heterocycles. The molecule has 8 nitrogen and oxygen atoms in total. The molecular formula is C30H29F4N3O5. The SMILES string of the molecule is COCCN(CC(=O)N1N=C(c2ccccc2F)C[C@H]1c1ccc(OC)c(OC)c1)C(=O)c1ccc(C(F)(F)F)cc1. The molecule has 4 rings (SSSR count). The molecule has 0 spiro atoms. The van der Waals surface area contributed by atoms with Crippen molar-refractivity contribution in [2.75, 3.05) is 41.0 Å². The summed E-state index contributed by atoms with van der Waals surface area (Å²) >= 11 is 0. The van der Waals surface area contributed by atoms with Gasteiger partial charge in [-0.3, -0.25) is 9.59 Å². The number of ether oxygens (including phenoxy) is 3. The maximum absolute atomic E-state index is 14.7. The number of hydrazone groups is 1. The van der Waals surface area contributed by atoms with Gasteiger partial charge in [0.2, 0.25) is 0 Å². The minimum Gasteiger partial charge on any atom is -0.493 e. The fourth-order valence-electron chi connectivity index (χ4n) is 4.59. The Balaban J connectivity index is 1.66. The van der Waals surface area contributed by atoms with Crippen molar-refractivity contribution in [2.45, 2.75) is 18.6 Å². The average Bonchev–Trinajstić information content (AvgIpc) is 3.43. The zero-order valence-electron chi connectivity index (χ0n) is 23.2. The second-order valence-electron chi connectivity index (χ2n) is 9.39. The average molecular weight is 588 g/mol. The molecule has 42 heavy (non-hydrogen) atoms. The van der Waals surface area contributed by atoms with Crippen LogP contribution < -0.4 is 9.47 Å². The van der Waals surface area contributed by atoms with Crippen molar-refractivity contribution >= 4 is 17.5 Å². The standard InChI is InChI=1S/C30H29F4N3O5/c1-40-15-14-36(29(39)19-8-11-21(12-9-19)30(32,33)34)18-28(38)37-25(20-10-13-26(41-2)27(16-20)42-3)17-24(35-37)22-6-4-5-7-23(22)31/h4-13,16,25H,14-15,17-18H2,1-3H3/t25-/m0/s1. The van der Waals surface area contributed by atoms with Crippen LogP contribution in [0, 0.1) is 5.82 Å². The Morgan fingerprint density at radius 2 is 1.67 bits per heavy atom. The largest absolute Gasteiger partial charge is 0.493 e. The van der Waals surface area contributed by atoms with E-state index in [1.54, 1.807) is 36.4 Å². The first kappa shape index (κ1) is 30.5. The molecule has 0 saturated heterocycles. The highest BCUT2D eigenvalue weighted by Crippen LogP contribution is 2.38. The fourth-order valence-corrected chi connectivity index (χ4v) is 4.59. The first-order valence-corrected chi connectivity index (χ1v) is 12.9. The van der Waals surface area contributed by atoms with Crippen LogP contribution in [-0.4, -0.2) is 68.5 Å². The molecule has 0 aliphatic carbocycles. The molecule has 0 radical (unpaired) electrons. The fraction of sp³-hybridized carbons (Fsp3) is 0.300. The number of benzene rings is 3. The van der Waals surface area contributed by atoms with Crippen molar-refractivity contribution < 1.29 is 41.4 Å². The summed E-state index contributed by atoms with van der Waals surface area (Å²) in [4.78, 5) is 28.2. The number of amides is 2. The van der Waals surface area contributed by atoms with Gasteiger partial charge in [-0.05, 0) is 48.0 Å². The van der Waals surface area contributed by atoms with E-state index in [1.165, 1.54) is 37.3 Å². The van der Waals surface area contributed by atoms with Crippen molar-refractivity contribution in [1.82, 2.24) is 9.91 Å². The lowest BCUT2D eigenvalue weighted by molar-refractivity contribution is -0.137. The number of rotatable bonds is 10. The van der Waals surface area contributed by atoms with Gasteiger partial charge in [-0.25, -0.2) is 9.40 Å². The zero-order chi connectivity index (χ0) is 30.4. The topological polar surface area (TPSA) is 80.7 Å². The van der Waals surface area contributed by atoms with E-state index >= 15 is 0 Å². The molecule has 222 valence electrons. The van der Waals surface area contributed by atoms with E-state index in [0.29, 0.717) is 22.8 Å². The van der Waals surface area contributed by atoms with Gasteiger partial charge in [0.15, 0.2) is 11.5 Å². The van der Waals surface area contributed by atoms with Crippen molar-refractivity contribution in [2.24, 2.45) is 5.10 Å². The van der Waals surface area contributed by atoms with E-state index in [1.807, 2.05) is 0 Å². The second kappa shape index (κ2) is 13.0. The van der Waals surface area contributed by atoms with Crippen LogP contribution in [0.25, 0.3) is 0 Å². The minimum atomic E-state index is -4.56. The smallest absolute Gasteiger partial charge is 0.416 e. The summed E-state index contributed by atoms with van der Waals surface area (Å²) in [6, 6.07) is 14.2. The summed E-state index contributed by atoms with van der Waals surface area (Å²) in [5.41, 5.74) is 0.270. The number of nitrogens with zero attached hydrogens (tertiary/aromatic N) is 3. The number of halogens is 4. The van der Waals surface area contributed by atoms with Crippen LogP contribution in [-0.2, 0) is 15.7 Å². The summed E-state index contributed by atoms with van der Waals surface area (Å²) in [6.45, 7) is -0.398. The lowest BCUT2D eigenvalue weighted by Gasteiger charge is -2.27. The number of carbonyl (C=O) groups excluding carboxylic acids is 2. The Labute approximate surface area is 240 Å². The Morgan fingerprint density at radius 1 is 0.976 bits per heavy atom. The van der Waals surface area contributed by atoms with Crippen molar-refractivity contribution in [1.29, 1.82) is 0 Å². The van der Waals surface area contributed by atoms with Crippen LogP contribution in [0.2, 0.25) is 0 Å². The molecule has 0 N–H and O–H groups in total. The molecule has 1 aliphatic rings. The van der Waals surface area contributed by atoms with Gasteiger partial charge in [-0.15, -0.1) is 0 Å². The Morgan fingerprint density at radius 3 is 2.29 bits per heavy atom. The summed E-state index contributed by atoms with van der Waals surface area (Å²) in [5, 5.41) is 5.67. The molecule has 12 heteroatoms. The maximum atomic E-state index is 14.7. The van der Waals surface area contributed by atoms with Gasteiger partial charge in [-0.2, -0.15) is 18.3 Å². The van der Waals surface area contributed by atoms with E-state index < -0.39 is 42.0 Å². The first-order chi connectivity index (χ1) is 20.1. The number of hydrogen-bond acceptors (Lipinski definition) is 6. The molecule has 0 saturated carbocycles. The maximum Gasteiger partial charge on any atom is 0.416 e. The van der Waals surface area contributed by atoms with Crippen LogP contribution in [0.4, 0.5) is 17.6 Å². The van der Waals surface area contributed by atoms with Gasteiger partial charge in [0.05, 0.1) is 38.1 Å². The molecule has 3 aromatic carbocycles. The van der Waals surface area contributed by atoms with Crippen LogP contribution in [0.1, 0.15) is 39.5 Å². The summed E-state index contributed by atoms with van der Waals surface area (Å²) in [5.74, 6) is -0.858. The van der Waals surface area contributed by atoms with Crippen LogP contribution in [0.3, 0.4) is 0 Å². The van der Waals surface area contributed by atoms with Gasteiger partial charge in [0, 0.05) is 31.2 Å². The predicted octanol–water partition coefficient (Wildman–Crippen LogP) is 5.33. The number of methoxy groups -OCH3 is 3. The molecule has 0 bridgehead atoms. The van der Waals surface area contributed by atoms with E-state index in [0.717, 1.165) is 24.3 Å². The third-order valence-corrected chi connectivity index (χ3v) is 6.78. The zero-order valence-corrected chi connectivity index (χ0v) is 23.2. The third-order valence-electron chi connectivity index (χ3n) is 6.78. The highest BCUT2D eigenvalue weighted by Gasteiger charge is 2.36. The van der Waals surface area contributed by atoms with E-state index in [9.17, 15) is 27.2 Å². The van der Waals surface area contributed by atoms with Crippen LogP contribution >= 0.6 is 0 Å². The van der Waals surface area contributed by atoms with E-state index in [2.05, 4.69) is 5.10 Å². The molecular weight excluding hydrogens is 558 g/mol. The first-order valence-electron chi connectivity index (χ1n) is 12.9. The highest BCUT2D eigenvalue weighted by molar-refractivity contribution is 6.04. The Bertz CT molecular complexity index is 1460. The summed E-state index contributed by atoms with van der Waals surface area (Å²) in [7, 11) is 4.38. The molecule has 0 unspecified atom stereocenters. The lowest BCUT2D eigenvalue weighted by atomic mass is 9.97. The normalized spacial score (nSPS) is 14.9. The van der Waals surface area contributed by atoms with Gasteiger partial charge in [-0.1, -0.05) is 24.3 Å². The van der Waals surface area contributed by atoms with Crippen molar-refractivity contribution in [3.05, 3.63) is 94.8 Å². The molecule has 2 amide bonds. The van der Waals surface area contributed by atoms with Crippen LogP contribution in [0.5, 0.6) is 11.5 Å². The Hall–Kier alpha value is -4.45. The van der Waals surface area contributed by atoms with Gasteiger partial charge in [0.25, 0.3) is 11.8 Å². The second-order valence-corrected chi connectivity index (χ2v) is 9.39. The molecule has 3 aromatic rings. The quantitative estimate of drug-likeness (QED) is 0.300. The van der Waals surface area contributed by atoms with Crippen LogP contribution in [0.15, 0.2) is 71.8 Å². The molecule has 1 atom stereocenters.